The van der Waals surface area contributed by atoms with Crippen molar-refractivity contribution in [3.05, 3.63) is 20.6 Å². The minimum Gasteiger partial charge on any atom is -0.677 e. The van der Waals surface area contributed by atoms with E-state index in [4.69, 9.17) is 5.73 Å². The summed E-state index contributed by atoms with van der Waals surface area (Å²) in [5.74, 6) is 0.551. The number of rotatable bonds is 1. The van der Waals surface area contributed by atoms with Crippen LogP contribution in [0.2, 0.25) is 0 Å². The van der Waals surface area contributed by atoms with Gasteiger partial charge in [0.15, 0.2) is 0 Å². The first-order valence-corrected chi connectivity index (χ1v) is 1.92. The van der Waals surface area contributed by atoms with Crippen molar-refractivity contribution < 1.29 is 65.4 Å². The van der Waals surface area contributed by atoms with Gasteiger partial charge < -0.3 is 20.6 Å². The van der Waals surface area contributed by atoms with E-state index in [0.717, 1.165) is 0 Å². The van der Waals surface area contributed by atoms with Gasteiger partial charge in [0.2, 0.25) is 0 Å². The van der Waals surface area contributed by atoms with Gasteiger partial charge in [-0.15, -0.1) is 6.54 Å². The fourth-order valence-corrected chi connectivity index (χ4v) is 0. The number of hydrogen-bond donors (Lipinski definition) is 0. The summed E-state index contributed by atoms with van der Waals surface area (Å²) in [5.41, 5.74) is 6.66. The van der Waals surface area contributed by atoms with Gasteiger partial charge in [0.25, 0.3) is 0 Å². The van der Waals surface area contributed by atoms with E-state index in [1.807, 2.05) is 13.8 Å². The Kier molecular flexibility index (Phi) is 75.8. The zero-order valence-electron chi connectivity index (χ0n) is 6.94. The van der Waals surface area contributed by atoms with Gasteiger partial charge in [0.1, 0.15) is 0 Å². The molecule has 0 saturated carbocycles. The van der Waals surface area contributed by atoms with Crippen LogP contribution in [0.1, 0.15) is 13.8 Å². The molecule has 0 aromatic heterocycles. The van der Waals surface area contributed by atoms with Crippen LogP contribution in [0.25, 0.3) is 5.73 Å². The van der Waals surface area contributed by atoms with Crippen LogP contribution in [0, 0.1) is 20.8 Å². The van der Waals surface area contributed by atoms with E-state index in [2.05, 4.69) is 0 Å². The van der Waals surface area contributed by atoms with Gasteiger partial charge in [-0.3, -0.25) is 0 Å². The summed E-state index contributed by atoms with van der Waals surface area (Å²) in [6.45, 7) is 4.62. The Morgan fingerprint density at radius 2 is 1.22 bits per heavy atom. The van der Waals surface area contributed by atoms with Crippen LogP contribution < -0.4 is 0 Å². The van der Waals surface area contributed by atoms with Gasteiger partial charge in [-0.2, -0.15) is 0 Å². The minimum atomic E-state index is 0. The second-order valence-electron chi connectivity index (χ2n) is 1.60. The SMILES string of the molecule is CC(C)C[NH-].[CH3-].[CH3-].[Y].[Y]. The van der Waals surface area contributed by atoms with E-state index in [1.54, 1.807) is 0 Å². The largest absolute Gasteiger partial charge is 0.677 e. The Bertz CT molecular complexity index is 25.0. The fraction of sp³-hybridized carbons (Fsp3) is 0.667. The molecule has 3 heteroatoms. The topological polar surface area (TPSA) is 23.8 Å². The Morgan fingerprint density at radius 1 is 1.11 bits per heavy atom. The maximum atomic E-state index is 6.66. The van der Waals surface area contributed by atoms with Crippen LogP contribution in [-0.4, -0.2) is 6.54 Å². The molecule has 54 valence electrons. The summed E-state index contributed by atoms with van der Waals surface area (Å²) in [6, 6.07) is 0. The first-order valence-electron chi connectivity index (χ1n) is 1.92. The first kappa shape index (κ1) is 30.4. The Morgan fingerprint density at radius 3 is 1.22 bits per heavy atom. The van der Waals surface area contributed by atoms with Crippen molar-refractivity contribution in [3.63, 3.8) is 0 Å². The quantitative estimate of drug-likeness (QED) is 0.659. The van der Waals surface area contributed by atoms with Crippen LogP contribution in [0.3, 0.4) is 0 Å². The molecule has 0 aliphatic carbocycles. The molecule has 9 heavy (non-hydrogen) atoms. The second kappa shape index (κ2) is 22.5. The summed E-state index contributed by atoms with van der Waals surface area (Å²) < 4.78 is 0. The van der Waals surface area contributed by atoms with Crippen LogP contribution in [0.15, 0.2) is 0 Å². The zero-order chi connectivity index (χ0) is 4.28. The van der Waals surface area contributed by atoms with E-state index >= 15 is 0 Å². The monoisotopic (exact) mass is 280 g/mol. The first-order chi connectivity index (χ1) is 2.27. The van der Waals surface area contributed by atoms with Gasteiger partial charge in [0.05, 0.1) is 0 Å². The zero-order valence-corrected chi connectivity index (χ0v) is 12.6. The maximum absolute atomic E-state index is 6.66. The normalized spacial score (nSPS) is 5.33. The van der Waals surface area contributed by atoms with Crippen molar-refractivity contribution in [2.45, 2.75) is 13.8 Å². The minimum absolute atomic E-state index is 0. The van der Waals surface area contributed by atoms with Gasteiger partial charge >= 0.3 is 0 Å². The molecule has 0 fully saturated rings. The summed E-state index contributed by atoms with van der Waals surface area (Å²) in [6.07, 6.45) is 0. The van der Waals surface area contributed by atoms with Crippen LogP contribution in [0.4, 0.5) is 0 Å². The van der Waals surface area contributed by atoms with E-state index in [-0.39, 0.29) is 80.3 Å². The van der Waals surface area contributed by atoms with Crippen molar-refractivity contribution in [1.82, 2.24) is 0 Å². The van der Waals surface area contributed by atoms with Crippen LogP contribution in [-0.2, 0) is 65.4 Å². The molecule has 0 spiro atoms. The average Bonchev–Trinajstić information content (AvgIpc) is 1.38. The van der Waals surface area contributed by atoms with Gasteiger partial charge in [-0.1, -0.05) is 19.8 Å². The predicted molar refractivity (Wildman–Crippen MR) is 36.9 cm³/mol. The fourth-order valence-electron chi connectivity index (χ4n) is 0. The van der Waals surface area contributed by atoms with E-state index < -0.39 is 0 Å². The molecule has 0 atom stereocenters. The van der Waals surface area contributed by atoms with Gasteiger partial charge in [0, 0.05) is 65.4 Å². The van der Waals surface area contributed by atoms with Crippen molar-refractivity contribution in [1.29, 1.82) is 0 Å². The third-order valence-electron chi connectivity index (χ3n) is 0.408. The standard InChI is InChI=1S/C4H10N.2CH3.2Y/c1-4(2)3-5;;;;/h4-5H,3H2,1-2H3;2*1H3;;/q3*-1;;. The van der Waals surface area contributed by atoms with Gasteiger partial charge in [-0.25, -0.2) is 0 Å². The van der Waals surface area contributed by atoms with Crippen molar-refractivity contribution >= 4 is 0 Å². The molecule has 1 N–H and O–H groups in total. The molecule has 0 aliphatic heterocycles. The molecule has 0 unspecified atom stereocenters. The Hall–Kier alpha value is 2.17. The smallest absolute Gasteiger partial charge is 0 e. The molecule has 1 nitrogen and oxygen atoms in total. The molecular formula is C6H16NY2-3. The molecule has 0 rings (SSSR count). The molecule has 0 saturated heterocycles. The van der Waals surface area contributed by atoms with E-state index in [1.165, 1.54) is 0 Å². The van der Waals surface area contributed by atoms with E-state index in [0.29, 0.717) is 12.5 Å². The van der Waals surface area contributed by atoms with Crippen molar-refractivity contribution in [2.24, 2.45) is 5.92 Å². The predicted octanol–water partition coefficient (Wildman–Crippen LogP) is 2.59. The number of hydrogen-bond acceptors (Lipinski definition) is 0. The molecule has 2 radical (unpaired) electrons. The Balaban J connectivity index is -0.0000000133. The third-order valence-corrected chi connectivity index (χ3v) is 0.408. The average molecular weight is 280 g/mol. The Labute approximate surface area is 111 Å². The summed E-state index contributed by atoms with van der Waals surface area (Å²) in [4.78, 5) is 0. The van der Waals surface area contributed by atoms with Crippen LogP contribution >= 0.6 is 0 Å². The van der Waals surface area contributed by atoms with E-state index in [9.17, 15) is 0 Å². The second-order valence-corrected chi connectivity index (χ2v) is 1.60. The molecule has 0 heterocycles. The molecular weight excluding hydrogens is 264 g/mol. The van der Waals surface area contributed by atoms with Crippen molar-refractivity contribution in [2.75, 3.05) is 6.54 Å². The maximum Gasteiger partial charge on any atom is 0 e. The molecule has 0 aliphatic rings. The number of nitrogens with one attached hydrogen (secondary N) is 1. The molecule has 0 amide bonds. The molecule has 0 bridgehead atoms. The molecule has 0 aromatic carbocycles. The van der Waals surface area contributed by atoms with Crippen LogP contribution in [0.5, 0.6) is 0 Å². The van der Waals surface area contributed by atoms with Gasteiger partial charge in [-0.05, 0) is 0 Å². The summed E-state index contributed by atoms with van der Waals surface area (Å²) >= 11 is 0. The molecule has 0 aromatic rings. The third kappa shape index (κ3) is 39.1. The van der Waals surface area contributed by atoms with Crippen molar-refractivity contribution in [3.8, 4) is 0 Å². The summed E-state index contributed by atoms with van der Waals surface area (Å²) in [5, 5.41) is 0. The summed E-state index contributed by atoms with van der Waals surface area (Å²) in [7, 11) is 0.